The van der Waals surface area contributed by atoms with E-state index in [1.54, 1.807) is 49.1 Å². The molecule has 3 aliphatic heterocycles. The Bertz CT molecular complexity index is 2240. The third-order valence-corrected chi connectivity index (χ3v) is 11.3. The molecular formula is C40H43ClF3N9O5S. The van der Waals surface area contributed by atoms with Gasteiger partial charge in [0.2, 0.25) is 17.7 Å². The number of ether oxygens (including phenoxy) is 1. The van der Waals surface area contributed by atoms with Crippen LogP contribution in [0.2, 0.25) is 5.02 Å². The first-order valence-electron chi connectivity index (χ1n) is 18.9. The fourth-order valence-corrected chi connectivity index (χ4v) is 8.55. The van der Waals surface area contributed by atoms with Crippen molar-refractivity contribution in [1.82, 2.24) is 20.1 Å². The van der Waals surface area contributed by atoms with Crippen molar-refractivity contribution in [2.24, 2.45) is 5.73 Å². The van der Waals surface area contributed by atoms with E-state index >= 15 is 0 Å². The van der Waals surface area contributed by atoms with Crippen LogP contribution in [0.3, 0.4) is 0 Å². The van der Waals surface area contributed by atoms with Crippen LogP contribution in [-0.2, 0) is 31.8 Å². The maximum Gasteiger partial charge on any atom is 0.419 e. The van der Waals surface area contributed by atoms with Gasteiger partial charge in [-0.3, -0.25) is 39.2 Å². The van der Waals surface area contributed by atoms with Gasteiger partial charge in [-0.1, -0.05) is 18.5 Å². The summed E-state index contributed by atoms with van der Waals surface area (Å²) in [6.45, 7) is 9.86. The molecule has 0 bridgehead atoms. The molecule has 2 unspecified atom stereocenters. The number of alkyl halides is 3. The van der Waals surface area contributed by atoms with Crippen molar-refractivity contribution in [3.05, 3.63) is 76.1 Å². The van der Waals surface area contributed by atoms with Crippen LogP contribution in [0.15, 0.2) is 48.7 Å². The molecule has 1 aromatic heterocycles. The lowest BCUT2D eigenvalue weighted by molar-refractivity contribution is -0.138. The van der Waals surface area contributed by atoms with Gasteiger partial charge in [0.25, 0.3) is 5.91 Å². The number of aromatic nitrogens is 1. The summed E-state index contributed by atoms with van der Waals surface area (Å²) in [4.78, 5) is 61.1. The van der Waals surface area contributed by atoms with E-state index in [2.05, 4.69) is 20.5 Å². The second-order valence-electron chi connectivity index (χ2n) is 15.1. The number of thiocarbonyl (C=S) groups is 1. The predicted octanol–water partition coefficient (Wildman–Crippen LogP) is 4.93. The number of nitriles is 1. The number of amides is 4. The lowest BCUT2D eigenvalue weighted by atomic mass is 9.99. The number of benzene rings is 2. The molecule has 4 N–H and O–H groups in total. The van der Waals surface area contributed by atoms with Gasteiger partial charge in [-0.2, -0.15) is 18.4 Å². The number of pyridine rings is 1. The number of piperazine rings is 1. The van der Waals surface area contributed by atoms with Crippen LogP contribution in [0.4, 0.5) is 30.2 Å². The fraction of sp³-hybridized carbons (Fsp3) is 0.425. The summed E-state index contributed by atoms with van der Waals surface area (Å²) >= 11 is 12.2. The van der Waals surface area contributed by atoms with Crippen LogP contribution >= 0.6 is 23.8 Å². The van der Waals surface area contributed by atoms with Crippen molar-refractivity contribution in [1.29, 1.82) is 5.26 Å². The second-order valence-corrected chi connectivity index (χ2v) is 15.9. The molecule has 3 saturated heterocycles. The van der Waals surface area contributed by atoms with Crippen LogP contribution in [0.5, 0.6) is 5.75 Å². The highest BCUT2D eigenvalue weighted by Crippen LogP contribution is 2.40. The molecule has 0 aliphatic carbocycles. The fourth-order valence-electron chi connectivity index (χ4n) is 7.78. The van der Waals surface area contributed by atoms with Crippen molar-refractivity contribution < 1.29 is 37.1 Å². The number of nitrogens with one attached hydrogen (secondary N) is 2. The molecule has 59 heavy (non-hydrogen) atoms. The van der Waals surface area contributed by atoms with Gasteiger partial charge in [0, 0.05) is 55.0 Å². The zero-order valence-corrected chi connectivity index (χ0v) is 34.3. The molecule has 6 rings (SSSR count). The Balaban J connectivity index is 1.10. The highest BCUT2D eigenvalue weighted by atomic mass is 35.5. The SMILES string of the molecule is CCc1cc(N2C(=S)N(c3cnc(C#N)c(C(F)(F)F)c3)C(=O)C2(C)C)ccc1OCCN1CCN(C(C(N)=O)c2cc(Cl)cc(NC3CCC(=O)NC3=O)c2)[C@H](C)C1. The minimum absolute atomic E-state index is 0.0399. The molecule has 14 nitrogen and oxygen atoms in total. The Kier molecular flexibility index (Phi) is 12.5. The number of imide groups is 1. The Labute approximate surface area is 349 Å². The van der Waals surface area contributed by atoms with Crippen molar-refractivity contribution in [2.45, 2.75) is 76.8 Å². The number of piperidine rings is 1. The third-order valence-electron chi connectivity index (χ3n) is 10.7. The molecule has 4 heterocycles. The zero-order valence-electron chi connectivity index (χ0n) is 32.7. The number of nitrogens with zero attached hydrogens (tertiary/aromatic N) is 6. The molecular weight excluding hydrogens is 811 g/mol. The first-order chi connectivity index (χ1) is 27.8. The number of anilines is 3. The summed E-state index contributed by atoms with van der Waals surface area (Å²) in [6.07, 6.45) is -2.74. The number of rotatable bonds is 12. The smallest absolute Gasteiger partial charge is 0.419 e. The minimum Gasteiger partial charge on any atom is -0.492 e. The molecule has 19 heteroatoms. The van der Waals surface area contributed by atoms with E-state index in [-0.39, 0.29) is 29.2 Å². The van der Waals surface area contributed by atoms with E-state index in [1.165, 1.54) is 6.07 Å². The maximum atomic E-state index is 13.8. The van der Waals surface area contributed by atoms with Gasteiger partial charge < -0.3 is 20.7 Å². The molecule has 3 aromatic rings. The summed E-state index contributed by atoms with van der Waals surface area (Å²) in [5, 5.41) is 15.0. The summed E-state index contributed by atoms with van der Waals surface area (Å²) in [5.41, 5.74) is 4.91. The third kappa shape index (κ3) is 8.98. The van der Waals surface area contributed by atoms with E-state index in [9.17, 15) is 37.6 Å². The Hall–Kier alpha value is -5.35. The highest BCUT2D eigenvalue weighted by Gasteiger charge is 2.51. The minimum atomic E-state index is -4.87. The van der Waals surface area contributed by atoms with E-state index in [0.717, 1.165) is 16.7 Å². The van der Waals surface area contributed by atoms with Gasteiger partial charge in [-0.15, -0.1) is 0 Å². The standard InChI is InChI=1S/C40H43ClF3N9O5S/c1-5-23-16-27(53-38(59)52(37(57)39(53,3)4)28-18-29(40(42,43)44)31(19-45)47-20-28)6-8-32(23)58-13-12-50-10-11-51(22(2)21-50)34(35(46)55)24-14-25(41)17-26(15-24)48-30-7-9-33(54)49-36(30)56/h6,8,14-18,20,22,30,34,48H,5,7,9-13,21H2,1-4H3,(H2,46,55)(H,49,54,56)/t22-,30?,34?/m1/s1. The molecule has 312 valence electrons. The van der Waals surface area contributed by atoms with Crippen LogP contribution in [0, 0.1) is 11.3 Å². The summed E-state index contributed by atoms with van der Waals surface area (Å²) in [7, 11) is 0. The Morgan fingerprint density at radius 2 is 1.92 bits per heavy atom. The van der Waals surface area contributed by atoms with E-state index < -0.39 is 52.8 Å². The molecule has 3 atom stereocenters. The normalized spacial score (nSPS) is 20.7. The van der Waals surface area contributed by atoms with E-state index in [0.29, 0.717) is 79.4 Å². The van der Waals surface area contributed by atoms with Gasteiger partial charge in [-0.25, -0.2) is 4.98 Å². The van der Waals surface area contributed by atoms with Crippen molar-refractivity contribution in [2.75, 3.05) is 47.9 Å². The van der Waals surface area contributed by atoms with E-state index in [1.807, 2.05) is 24.8 Å². The van der Waals surface area contributed by atoms with Crippen LogP contribution in [-0.4, -0.2) is 93.9 Å². The molecule has 0 saturated carbocycles. The number of aryl methyl sites for hydroxylation is 1. The number of hydrogen-bond donors (Lipinski definition) is 3. The van der Waals surface area contributed by atoms with Crippen molar-refractivity contribution in [3.63, 3.8) is 0 Å². The van der Waals surface area contributed by atoms with Gasteiger partial charge in [0.1, 0.15) is 36.0 Å². The van der Waals surface area contributed by atoms with E-state index in [4.69, 9.17) is 34.3 Å². The number of hydrogen-bond acceptors (Lipinski definition) is 11. The first kappa shape index (κ1) is 43.2. The maximum absolute atomic E-state index is 13.8. The molecule has 2 aromatic carbocycles. The average Bonchev–Trinajstić information content (AvgIpc) is 3.34. The zero-order chi connectivity index (χ0) is 43.0. The molecule has 3 aliphatic rings. The number of nitrogens with two attached hydrogens (primary N) is 1. The lowest BCUT2D eigenvalue weighted by Crippen LogP contribution is -2.55. The highest BCUT2D eigenvalue weighted by molar-refractivity contribution is 7.81. The van der Waals surface area contributed by atoms with Gasteiger partial charge in [-0.05, 0) is 99.4 Å². The summed E-state index contributed by atoms with van der Waals surface area (Å²) < 4.78 is 47.5. The molecule has 0 radical (unpaired) electrons. The number of carbonyl (C=O) groups excluding carboxylic acids is 4. The summed E-state index contributed by atoms with van der Waals surface area (Å²) in [5.74, 6) is -1.24. The number of carbonyl (C=O) groups is 4. The number of halogens is 4. The Morgan fingerprint density at radius 3 is 2.56 bits per heavy atom. The number of primary amides is 1. The largest absolute Gasteiger partial charge is 0.492 e. The first-order valence-corrected chi connectivity index (χ1v) is 19.7. The molecule has 4 amide bonds. The van der Waals surface area contributed by atoms with Crippen LogP contribution < -0.4 is 30.9 Å². The Morgan fingerprint density at radius 1 is 1.17 bits per heavy atom. The topological polar surface area (TPSA) is 177 Å². The second kappa shape index (κ2) is 17.1. The van der Waals surface area contributed by atoms with Gasteiger partial charge in [0.05, 0.1) is 17.4 Å². The quantitative estimate of drug-likeness (QED) is 0.166. The summed E-state index contributed by atoms with van der Waals surface area (Å²) in [6, 6.07) is 11.1. The molecule has 0 spiro atoms. The van der Waals surface area contributed by atoms with Crippen molar-refractivity contribution >= 4 is 69.6 Å². The average molecular weight is 854 g/mol. The lowest BCUT2D eigenvalue weighted by Gasteiger charge is -2.43. The predicted molar refractivity (Wildman–Crippen MR) is 218 cm³/mol. The van der Waals surface area contributed by atoms with Crippen molar-refractivity contribution in [3.8, 4) is 11.8 Å². The van der Waals surface area contributed by atoms with Crippen LogP contribution in [0.25, 0.3) is 0 Å². The van der Waals surface area contributed by atoms with Crippen LogP contribution in [0.1, 0.15) is 69.0 Å². The van der Waals surface area contributed by atoms with Gasteiger partial charge in [0.15, 0.2) is 10.8 Å². The monoisotopic (exact) mass is 853 g/mol. The molecule has 3 fully saturated rings. The van der Waals surface area contributed by atoms with Gasteiger partial charge >= 0.3 is 6.18 Å².